The molecule has 3 heterocycles. The zero-order valence-corrected chi connectivity index (χ0v) is 23.6. The Bertz CT molecular complexity index is 1490. The van der Waals surface area contributed by atoms with Crippen LogP contribution in [0.2, 0.25) is 5.02 Å². The molecular weight excluding hydrogens is 529 g/mol. The van der Waals surface area contributed by atoms with Gasteiger partial charge in [-0.25, -0.2) is 14.4 Å². The maximum atomic E-state index is 14.6. The van der Waals surface area contributed by atoms with Gasteiger partial charge in [-0.3, -0.25) is 9.69 Å². The number of ether oxygens (including phenoxy) is 1. The molecule has 3 aromatic rings. The number of morpholine rings is 1. The molecule has 0 unspecified atom stereocenters. The number of hydrogen-bond acceptors (Lipinski definition) is 7. The van der Waals surface area contributed by atoms with Gasteiger partial charge in [0.25, 0.3) is 0 Å². The van der Waals surface area contributed by atoms with Gasteiger partial charge in [0.15, 0.2) is 11.6 Å². The summed E-state index contributed by atoms with van der Waals surface area (Å²) in [5.41, 5.74) is 2.28. The summed E-state index contributed by atoms with van der Waals surface area (Å²) in [7, 11) is 2.10. The minimum absolute atomic E-state index is 0.0159. The van der Waals surface area contributed by atoms with Gasteiger partial charge in [-0.1, -0.05) is 35.6 Å². The molecule has 1 atom stereocenters. The van der Waals surface area contributed by atoms with Crippen LogP contribution in [0.1, 0.15) is 24.5 Å². The maximum absolute atomic E-state index is 14.6. The standard InChI is InChI=1S/C31H33ClFN5O2/c1-31(10-12-37(2)20-31)9-8-22-19-28-25(30(35-21-34-28)36-27-7-3-6-26(32)29(27)33)18-23(22)17-24(39)5-4-11-38-13-15-40-16-14-38/h3-7,18-19,21H,10-17,20H2,1-2H3,(H,34,35,36)/b5-4+/t31-/m0/s1. The molecule has 0 bridgehead atoms. The van der Waals surface area contributed by atoms with E-state index in [4.69, 9.17) is 16.3 Å². The van der Waals surface area contributed by atoms with E-state index in [2.05, 4.69) is 50.9 Å². The second kappa shape index (κ2) is 12.4. The summed E-state index contributed by atoms with van der Waals surface area (Å²) in [5, 5.41) is 3.73. The van der Waals surface area contributed by atoms with Gasteiger partial charge in [-0.2, -0.15) is 0 Å². The first-order valence-electron chi connectivity index (χ1n) is 13.5. The van der Waals surface area contributed by atoms with E-state index in [0.29, 0.717) is 36.5 Å². The Labute approximate surface area is 239 Å². The highest BCUT2D eigenvalue weighted by atomic mass is 35.5. The van der Waals surface area contributed by atoms with Crippen LogP contribution in [0.3, 0.4) is 0 Å². The van der Waals surface area contributed by atoms with Crippen LogP contribution in [-0.4, -0.2) is 78.5 Å². The molecule has 0 aliphatic carbocycles. The van der Waals surface area contributed by atoms with E-state index in [-0.39, 0.29) is 28.3 Å². The van der Waals surface area contributed by atoms with Gasteiger partial charge in [-0.05, 0) is 62.8 Å². The highest BCUT2D eigenvalue weighted by molar-refractivity contribution is 6.31. The number of carbonyl (C=O) groups excluding carboxylic acids is 1. The Kier molecular flexibility index (Phi) is 8.77. The van der Waals surface area contributed by atoms with Gasteiger partial charge in [0.1, 0.15) is 12.1 Å². The highest BCUT2D eigenvalue weighted by Gasteiger charge is 2.30. The van der Waals surface area contributed by atoms with Gasteiger partial charge in [-0.15, -0.1) is 0 Å². The Morgan fingerprint density at radius 3 is 2.85 bits per heavy atom. The monoisotopic (exact) mass is 561 g/mol. The number of fused-ring (bicyclic) bond motifs is 1. The third-order valence-corrected chi connectivity index (χ3v) is 7.66. The summed E-state index contributed by atoms with van der Waals surface area (Å²) < 4.78 is 20.0. The van der Waals surface area contributed by atoms with Gasteiger partial charge in [0.2, 0.25) is 0 Å². The fourth-order valence-corrected chi connectivity index (χ4v) is 5.29. The van der Waals surface area contributed by atoms with Gasteiger partial charge in [0.05, 0.1) is 29.4 Å². The normalized spacial score (nSPS) is 20.1. The molecule has 0 amide bonds. The minimum atomic E-state index is -0.561. The molecule has 40 heavy (non-hydrogen) atoms. The van der Waals surface area contributed by atoms with Gasteiger partial charge >= 0.3 is 0 Å². The summed E-state index contributed by atoms with van der Waals surface area (Å²) in [6.07, 6.45) is 6.15. The SMILES string of the molecule is CN1CC[C@](C)(C#Cc2cc3ncnc(Nc4cccc(Cl)c4F)c3cc2CC(=O)/C=C/CN2CCOCC2)C1. The van der Waals surface area contributed by atoms with Crippen LogP contribution < -0.4 is 5.32 Å². The van der Waals surface area contributed by atoms with E-state index < -0.39 is 5.82 Å². The predicted molar refractivity (Wildman–Crippen MR) is 156 cm³/mol. The highest BCUT2D eigenvalue weighted by Crippen LogP contribution is 2.31. The molecule has 208 valence electrons. The molecule has 2 fully saturated rings. The number of anilines is 2. The fourth-order valence-electron chi connectivity index (χ4n) is 5.11. The lowest BCUT2D eigenvalue weighted by atomic mass is 9.89. The van der Waals surface area contributed by atoms with Crippen molar-refractivity contribution < 1.29 is 13.9 Å². The number of hydrogen-bond donors (Lipinski definition) is 1. The van der Waals surface area contributed by atoms with E-state index in [1.54, 1.807) is 18.2 Å². The smallest absolute Gasteiger partial charge is 0.165 e. The third kappa shape index (κ3) is 6.86. The lowest BCUT2D eigenvalue weighted by Gasteiger charge is -2.25. The average Bonchev–Trinajstić information content (AvgIpc) is 3.29. The van der Waals surface area contributed by atoms with Crippen LogP contribution in [0.4, 0.5) is 15.9 Å². The Balaban J connectivity index is 1.47. The predicted octanol–water partition coefficient (Wildman–Crippen LogP) is 4.86. The van der Waals surface area contributed by atoms with E-state index in [1.165, 1.54) is 12.4 Å². The molecule has 5 rings (SSSR count). The van der Waals surface area contributed by atoms with Gasteiger partial charge < -0.3 is 15.0 Å². The zero-order valence-electron chi connectivity index (χ0n) is 22.8. The molecule has 2 aliphatic rings. The summed E-state index contributed by atoms with van der Waals surface area (Å²) in [4.78, 5) is 26.4. The van der Waals surface area contributed by atoms with Crippen molar-refractivity contribution in [3.8, 4) is 11.8 Å². The number of nitrogens with zero attached hydrogens (tertiary/aromatic N) is 4. The molecular formula is C31H33ClFN5O2. The fraction of sp³-hybridized carbons (Fsp3) is 0.387. The van der Waals surface area contributed by atoms with Crippen LogP contribution in [0.25, 0.3) is 10.9 Å². The molecule has 2 aromatic carbocycles. The third-order valence-electron chi connectivity index (χ3n) is 7.36. The van der Waals surface area contributed by atoms with Crippen LogP contribution in [-0.2, 0) is 16.0 Å². The molecule has 7 nitrogen and oxygen atoms in total. The topological polar surface area (TPSA) is 70.6 Å². The molecule has 1 N–H and O–H groups in total. The van der Waals surface area contributed by atoms with Crippen molar-refractivity contribution in [2.75, 3.05) is 58.3 Å². The lowest BCUT2D eigenvalue weighted by Crippen LogP contribution is -2.36. The number of allylic oxidation sites excluding steroid dienone is 1. The Morgan fingerprint density at radius 1 is 1.25 bits per heavy atom. The number of rotatable bonds is 7. The number of carbonyl (C=O) groups is 1. The van der Waals surface area contributed by atoms with Crippen LogP contribution in [0.5, 0.6) is 0 Å². The van der Waals surface area contributed by atoms with Crippen LogP contribution >= 0.6 is 11.6 Å². The van der Waals surface area contributed by atoms with Crippen molar-refractivity contribution in [2.45, 2.75) is 19.8 Å². The summed E-state index contributed by atoms with van der Waals surface area (Å²) >= 11 is 5.98. The molecule has 9 heteroatoms. The number of benzene rings is 2. The molecule has 0 spiro atoms. The number of halogens is 2. The van der Waals surface area contributed by atoms with Gasteiger partial charge in [0, 0.05) is 49.0 Å². The van der Waals surface area contributed by atoms with E-state index in [9.17, 15) is 9.18 Å². The summed E-state index contributed by atoms with van der Waals surface area (Å²) in [6, 6.07) is 8.54. The second-order valence-corrected chi connectivity index (χ2v) is 11.1. The first-order chi connectivity index (χ1) is 19.3. The number of likely N-dealkylation sites (tertiary alicyclic amines) is 1. The molecule has 0 radical (unpaired) electrons. The zero-order chi connectivity index (χ0) is 28.1. The number of ketones is 1. The summed E-state index contributed by atoms with van der Waals surface area (Å²) in [5.74, 6) is 6.69. The van der Waals surface area contributed by atoms with E-state index in [0.717, 1.165) is 43.7 Å². The van der Waals surface area contributed by atoms with Crippen LogP contribution in [0, 0.1) is 23.1 Å². The van der Waals surface area contributed by atoms with Crippen molar-refractivity contribution in [3.05, 3.63) is 70.8 Å². The van der Waals surface area contributed by atoms with E-state index >= 15 is 0 Å². The van der Waals surface area contributed by atoms with Crippen molar-refractivity contribution in [1.29, 1.82) is 0 Å². The van der Waals surface area contributed by atoms with Crippen molar-refractivity contribution in [1.82, 2.24) is 19.8 Å². The largest absolute Gasteiger partial charge is 0.379 e. The minimum Gasteiger partial charge on any atom is -0.379 e. The first kappa shape index (κ1) is 28.2. The number of nitrogens with one attached hydrogen (secondary N) is 1. The van der Waals surface area contributed by atoms with Crippen molar-refractivity contribution >= 4 is 39.8 Å². The molecule has 2 aliphatic heterocycles. The van der Waals surface area contributed by atoms with Crippen molar-refractivity contribution in [2.24, 2.45) is 5.41 Å². The molecule has 2 saturated heterocycles. The second-order valence-electron chi connectivity index (χ2n) is 10.7. The lowest BCUT2D eigenvalue weighted by molar-refractivity contribution is -0.114. The first-order valence-corrected chi connectivity index (χ1v) is 13.9. The Hall–Kier alpha value is -3.35. The summed E-state index contributed by atoms with van der Waals surface area (Å²) in [6.45, 7) is 7.93. The van der Waals surface area contributed by atoms with E-state index in [1.807, 2.05) is 18.2 Å². The van der Waals surface area contributed by atoms with Crippen molar-refractivity contribution in [3.63, 3.8) is 0 Å². The quantitative estimate of drug-likeness (QED) is 0.326. The molecule has 1 aromatic heterocycles. The maximum Gasteiger partial charge on any atom is 0.165 e. The van der Waals surface area contributed by atoms with Crippen LogP contribution in [0.15, 0.2) is 48.8 Å². The molecule has 0 saturated carbocycles. The average molecular weight is 562 g/mol. The Morgan fingerprint density at radius 2 is 2.08 bits per heavy atom. The number of aromatic nitrogens is 2.